The van der Waals surface area contributed by atoms with E-state index in [1.165, 1.54) is 12.1 Å². The first-order valence-electron chi connectivity index (χ1n) is 8.10. The second-order valence-corrected chi connectivity index (χ2v) is 5.92. The molecule has 0 aliphatic carbocycles. The van der Waals surface area contributed by atoms with E-state index in [2.05, 4.69) is 4.98 Å². The van der Waals surface area contributed by atoms with Crippen LogP contribution in [-0.4, -0.2) is 29.1 Å². The highest BCUT2D eigenvalue weighted by molar-refractivity contribution is 5.98. The molecule has 1 aliphatic rings. The maximum atomic E-state index is 13.3. The van der Waals surface area contributed by atoms with Gasteiger partial charge in [-0.3, -0.25) is 4.79 Å². The maximum absolute atomic E-state index is 13.3. The highest BCUT2D eigenvalue weighted by atomic mass is 19.1. The standard InChI is InChI=1S/C19H17FN2O3/c1-2-22(10-12-3-6-17-18(7-12)25-11-24-17)19(23)16-9-13-8-14(20)4-5-15(13)21-16/h3-9,21H,2,10-11H2,1H3. The Balaban J connectivity index is 1.57. The summed E-state index contributed by atoms with van der Waals surface area (Å²) in [7, 11) is 0. The molecule has 2 aromatic carbocycles. The molecule has 5 nitrogen and oxygen atoms in total. The predicted octanol–water partition coefficient (Wildman–Crippen LogP) is 3.70. The van der Waals surface area contributed by atoms with Gasteiger partial charge in [0.15, 0.2) is 11.5 Å². The number of rotatable bonds is 4. The fraction of sp³-hybridized carbons (Fsp3) is 0.211. The molecule has 1 N–H and O–H groups in total. The summed E-state index contributed by atoms with van der Waals surface area (Å²) in [4.78, 5) is 17.6. The number of carbonyl (C=O) groups excluding carboxylic acids is 1. The highest BCUT2D eigenvalue weighted by Crippen LogP contribution is 2.33. The van der Waals surface area contributed by atoms with Crippen LogP contribution in [0, 0.1) is 5.82 Å². The second kappa shape index (κ2) is 6.12. The first-order chi connectivity index (χ1) is 12.1. The van der Waals surface area contributed by atoms with Gasteiger partial charge in [0.25, 0.3) is 5.91 Å². The van der Waals surface area contributed by atoms with Gasteiger partial charge in [-0.15, -0.1) is 0 Å². The number of fused-ring (bicyclic) bond motifs is 2. The van der Waals surface area contributed by atoms with E-state index in [0.29, 0.717) is 29.9 Å². The molecule has 2 heterocycles. The van der Waals surface area contributed by atoms with Crippen molar-refractivity contribution in [3.63, 3.8) is 0 Å². The van der Waals surface area contributed by atoms with Crippen molar-refractivity contribution in [2.24, 2.45) is 0 Å². The van der Waals surface area contributed by atoms with E-state index in [1.807, 2.05) is 25.1 Å². The van der Waals surface area contributed by atoms with Crippen LogP contribution in [0.1, 0.15) is 23.0 Å². The minimum Gasteiger partial charge on any atom is -0.454 e. The van der Waals surface area contributed by atoms with Gasteiger partial charge in [0.2, 0.25) is 6.79 Å². The lowest BCUT2D eigenvalue weighted by Crippen LogP contribution is -2.30. The summed E-state index contributed by atoms with van der Waals surface area (Å²) in [5.74, 6) is 0.966. The first kappa shape index (κ1) is 15.5. The molecule has 0 bridgehead atoms. The zero-order valence-corrected chi connectivity index (χ0v) is 13.7. The zero-order valence-electron chi connectivity index (χ0n) is 13.7. The zero-order chi connectivity index (χ0) is 17.4. The Labute approximate surface area is 144 Å². The monoisotopic (exact) mass is 340 g/mol. The number of amides is 1. The van der Waals surface area contributed by atoms with Crippen LogP contribution >= 0.6 is 0 Å². The molecule has 0 unspecified atom stereocenters. The van der Waals surface area contributed by atoms with Crippen molar-refractivity contribution >= 4 is 16.8 Å². The van der Waals surface area contributed by atoms with E-state index in [1.54, 1.807) is 17.0 Å². The number of hydrogen-bond acceptors (Lipinski definition) is 3. The smallest absolute Gasteiger partial charge is 0.270 e. The number of ether oxygens (including phenoxy) is 2. The van der Waals surface area contributed by atoms with Gasteiger partial charge >= 0.3 is 0 Å². The molecule has 128 valence electrons. The average molecular weight is 340 g/mol. The van der Waals surface area contributed by atoms with E-state index in [-0.39, 0.29) is 18.5 Å². The van der Waals surface area contributed by atoms with Gasteiger partial charge in [-0.05, 0) is 48.9 Å². The molecule has 0 saturated heterocycles. The molecule has 1 amide bonds. The van der Waals surface area contributed by atoms with Gasteiger partial charge in [-0.2, -0.15) is 0 Å². The number of benzene rings is 2. The summed E-state index contributed by atoms with van der Waals surface area (Å²) < 4.78 is 24.0. The number of hydrogen-bond donors (Lipinski definition) is 1. The Kier molecular flexibility index (Phi) is 3.80. The van der Waals surface area contributed by atoms with E-state index in [0.717, 1.165) is 16.8 Å². The van der Waals surface area contributed by atoms with Crippen LogP contribution in [0.15, 0.2) is 42.5 Å². The lowest BCUT2D eigenvalue weighted by atomic mass is 10.2. The van der Waals surface area contributed by atoms with Gasteiger partial charge < -0.3 is 19.4 Å². The van der Waals surface area contributed by atoms with Crippen molar-refractivity contribution in [1.82, 2.24) is 9.88 Å². The van der Waals surface area contributed by atoms with Crippen LogP contribution in [0.5, 0.6) is 11.5 Å². The molecule has 0 radical (unpaired) electrons. The molecule has 6 heteroatoms. The summed E-state index contributed by atoms with van der Waals surface area (Å²) in [6.45, 7) is 3.15. The summed E-state index contributed by atoms with van der Waals surface area (Å²) in [6.07, 6.45) is 0. The Morgan fingerprint density at radius 2 is 2.00 bits per heavy atom. The molecule has 0 fully saturated rings. The third-order valence-electron chi connectivity index (χ3n) is 4.29. The summed E-state index contributed by atoms with van der Waals surface area (Å²) >= 11 is 0. The predicted molar refractivity (Wildman–Crippen MR) is 91.2 cm³/mol. The van der Waals surface area contributed by atoms with E-state index < -0.39 is 0 Å². The SMILES string of the molecule is CCN(Cc1ccc2c(c1)OCO2)C(=O)c1cc2cc(F)ccc2[nH]1. The summed E-state index contributed by atoms with van der Waals surface area (Å²) in [5, 5.41) is 0.683. The quantitative estimate of drug-likeness (QED) is 0.788. The highest BCUT2D eigenvalue weighted by Gasteiger charge is 2.19. The van der Waals surface area contributed by atoms with Crippen molar-refractivity contribution in [1.29, 1.82) is 0 Å². The number of aromatic nitrogens is 1. The average Bonchev–Trinajstić information content (AvgIpc) is 3.24. The normalized spacial score (nSPS) is 12.6. The molecule has 0 saturated carbocycles. The molecular weight excluding hydrogens is 323 g/mol. The van der Waals surface area contributed by atoms with Crippen molar-refractivity contribution in [3.8, 4) is 11.5 Å². The molecule has 1 aromatic heterocycles. The Morgan fingerprint density at radius 3 is 2.84 bits per heavy atom. The molecular formula is C19H17FN2O3. The second-order valence-electron chi connectivity index (χ2n) is 5.92. The van der Waals surface area contributed by atoms with Crippen LogP contribution in [0.3, 0.4) is 0 Å². The molecule has 0 atom stereocenters. The fourth-order valence-electron chi connectivity index (χ4n) is 2.98. The number of carbonyl (C=O) groups is 1. The fourth-order valence-corrected chi connectivity index (χ4v) is 2.98. The number of nitrogens with zero attached hydrogens (tertiary/aromatic N) is 1. The minimum absolute atomic E-state index is 0.128. The van der Waals surface area contributed by atoms with Gasteiger partial charge in [-0.1, -0.05) is 6.07 Å². The number of aromatic amines is 1. The molecule has 4 rings (SSSR count). The molecule has 0 spiro atoms. The van der Waals surface area contributed by atoms with Gasteiger partial charge in [0.05, 0.1) is 0 Å². The van der Waals surface area contributed by atoms with Crippen molar-refractivity contribution in [3.05, 3.63) is 59.5 Å². The summed E-state index contributed by atoms with van der Waals surface area (Å²) in [6, 6.07) is 11.8. The van der Waals surface area contributed by atoms with Crippen molar-refractivity contribution in [2.75, 3.05) is 13.3 Å². The molecule has 25 heavy (non-hydrogen) atoms. The van der Waals surface area contributed by atoms with Crippen LogP contribution < -0.4 is 9.47 Å². The Morgan fingerprint density at radius 1 is 1.16 bits per heavy atom. The number of nitrogens with one attached hydrogen (secondary N) is 1. The van der Waals surface area contributed by atoms with Crippen LogP contribution in [0.4, 0.5) is 4.39 Å². The maximum Gasteiger partial charge on any atom is 0.270 e. The van der Waals surface area contributed by atoms with Gasteiger partial charge in [0, 0.05) is 24.0 Å². The topological polar surface area (TPSA) is 54.6 Å². The minimum atomic E-state index is -0.321. The molecule has 3 aromatic rings. The van der Waals surface area contributed by atoms with Crippen molar-refractivity contribution < 1.29 is 18.7 Å². The van der Waals surface area contributed by atoms with Gasteiger partial charge in [0.1, 0.15) is 11.5 Å². The summed E-state index contributed by atoms with van der Waals surface area (Å²) in [5.41, 5.74) is 2.15. The largest absolute Gasteiger partial charge is 0.454 e. The van der Waals surface area contributed by atoms with E-state index in [9.17, 15) is 9.18 Å². The lowest BCUT2D eigenvalue weighted by molar-refractivity contribution is 0.0747. The molecule has 1 aliphatic heterocycles. The van der Waals surface area contributed by atoms with Crippen molar-refractivity contribution in [2.45, 2.75) is 13.5 Å². The third-order valence-corrected chi connectivity index (χ3v) is 4.29. The van der Waals surface area contributed by atoms with Crippen LogP contribution in [0.25, 0.3) is 10.9 Å². The van der Waals surface area contributed by atoms with Crippen LogP contribution in [-0.2, 0) is 6.54 Å². The van der Waals surface area contributed by atoms with Crippen LogP contribution in [0.2, 0.25) is 0 Å². The number of H-pyrrole nitrogens is 1. The first-order valence-corrected chi connectivity index (χ1v) is 8.10. The van der Waals surface area contributed by atoms with E-state index >= 15 is 0 Å². The van der Waals surface area contributed by atoms with Gasteiger partial charge in [-0.25, -0.2) is 4.39 Å². The van der Waals surface area contributed by atoms with E-state index in [4.69, 9.17) is 9.47 Å². The number of halogens is 1. The third kappa shape index (κ3) is 2.91. The Bertz CT molecular complexity index is 951. The lowest BCUT2D eigenvalue weighted by Gasteiger charge is -2.20. The Hall–Kier alpha value is -3.02.